The lowest BCUT2D eigenvalue weighted by molar-refractivity contribution is 0.414. The van der Waals surface area contributed by atoms with Crippen LogP contribution in [0.4, 0.5) is 0 Å². The predicted molar refractivity (Wildman–Crippen MR) is 82.7 cm³/mol. The van der Waals surface area contributed by atoms with E-state index in [2.05, 4.69) is 40.2 Å². The molecule has 1 unspecified atom stereocenters. The number of hydrogen-bond acceptors (Lipinski definition) is 4. The van der Waals surface area contributed by atoms with Gasteiger partial charge in [-0.15, -0.1) is 23.1 Å². The van der Waals surface area contributed by atoms with E-state index in [-0.39, 0.29) is 0 Å². The van der Waals surface area contributed by atoms with Crippen LogP contribution in [0.25, 0.3) is 0 Å². The number of methoxy groups -OCH3 is 1. The van der Waals surface area contributed by atoms with E-state index in [9.17, 15) is 0 Å². The SMILES string of the molecule is COc1ccc(SC(CN)c2ccc(Br)s2)cc1. The van der Waals surface area contributed by atoms with Crippen molar-refractivity contribution in [3.05, 3.63) is 45.1 Å². The molecule has 2 N–H and O–H groups in total. The third kappa shape index (κ3) is 3.51. The van der Waals surface area contributed by atoms with Crippen molar-refractivity contribution in [2.75, 3.05) is 13.7 Å². The molecule has 18 heavy (non-hydrogen) atoms. The minimum atomic E-state index is 0.301. The van der Waals surface area contributed by atoms with Gasteiger partial charge in [0.1, 0.15) is 5.75 Å². The highest BCUT2D eigenvalue weighted by molar-refractivity contribution is 9.11. The Labute approximate surface area is 124 Å². The summed E-state index contributed by atoms with van der Waals surface area (Å²) in [6, 6.07) is 12.3. The first-order chi connectivity index (χ1) is 8.72. The molecule has 0 saturated heterocycles. The fraction of sp³-hybridized carbons (Fsp3) is 0.231. The number of rotatable bonds is 5. The topological polar surface area (TPSA) is 35.2 Å². The second kappa shape index (κ2) is 6.61. The molecule has 0 radical (unpaired) electrons. The highest BCUT2D eigenvalue weighted by Crippen LogP contribution is 2.39. The molecule has 5 heteroatoms. The summed E-state index contributed by atoms with van der Waals surface area (Å²) in [6.45, 7) is 0.629. The summed E-state index contributed by atoms with van der Waals surface area (Å²) >= 11 is 7.01. The molecule has 0 bridgehead atoms. The molecular weight excluding hydrogens is 330 g/mol. The largest absolute Gasteiger partial charge is 0.497 e. The molecule has 2 rings (SSSR count). The summed E-state index contributed by atoms with van der Waals surface area (Å²) < 4.78 is 6.30. The Morgan fingerprint density at radius 1 is 1.28 bits per heavy atom. The lowest BCUT2D eigenvalue weighted by Crippen LogP contribution is -2.07. The Bertz CT molecular complexity index is 498. The van der Waals surface area contributed by atoms with E-state index in [1.165, 1.54) is 9.77 Å². The van der Waals surface area contributed by atoms with Crippen molar-refractivity contribution in [2.24, 2.45) is 5.73 Å². The highest BCUT2D eigenvalue weighted by Gasteiger charge is 2.13. The van der Waals surface area contributed by atoms with Gasteiger partial charge in [-0.25, -0.2) is 0 Å². The average Bonchev–Trinajstić information content (AvgIpc) is 2.83. The van der Waals surface area contributed by atoms with Gasteiger partial charge < -0.3 is 10.5 Å². The number of hydrogen-bond donors (Lipinski definition) is 1. The molecule has 2 nitrogen and oxygen atoms in total. The van der Waals surface area contributed by atoms with E-state index in [1.54, 1.807) is 30.2 Å². The van der Waals surface area contributed by atoms with Crippen LogP contribution in [-0.2, 0) is 0 Å². The first-order valence-corrected chi connectivity index (χ1v) is 7.98. The quantitative estimate of drug-likeness (QED) is 0.821. The molecule has 1 aromatic carbocycles. The Morgan fingerprint density at radius 3 is 2.50 bits per heavy atom. The molecule has 0 saturated carbocycles. The zero-order chi connectivity index (χ0) is 13.0. The molecule has 0 aliphatic heterocycles. The van der Waals surface area contributed by atoms with Crippen molar-refractivity contribution in [1.29, 1.82) is 0 Å². The third-order valence-electron chi connectivity index (χ3n) is 2.46. The van der Waals surface area contributed by atoms with Gasteiger partial charge in [0.25, 0.3) is 0 Å². The average molecular weight is 344 g/mol. The van der Waals surface area contributed by atoms with Crippen molar-refractivity contribution in [3.63, 3.8) is 0 Å². The summed E-state index contributed by atoms with van der Waals surface area (Å²) in [6.07, 6.45) is 0. The van der Waals surface area contributed by atoms with Crippen LogP contribution in [0.2, 0.25) is 0 Å². The van der Waals surface area contributed by atoms with Crippen molar-refractivity contribution >= 4 is 39.0 Å². The zero-order valence-electron chi connectivity index (χ0n) is 9.93. The summed E-state index contributed by atoms with van der Waals surface area (Å²) in [5.41, 5.74) is 5.86. The van der Waals surface area contributed by atoms with Crippen molar-refractivity contribution in [1.82, 2.24) is 0 Å². The first kappa shape index (κ1) is 13.9. The van der Waals surface area contributed by atoms with Gasteiger partial charge >= 0.3 is 0 Å². The summed E-state index contributed by atoms with van der Waals surface area (Å²) in [5.74, 6) is 0.877. The Balaban J connectivity index is 2.10. The van der Waals surface area contributed by atoms with Crippen molar-refractivity contribution < 1.29 is 4.74 Å². The molecule has 0 aliphatic carbocycles. The maximum absolute atomic E-state index is 5.86. The van der Waals surface area contributed by atoms with Crippen LogP contribution >= 0.6 is 39.0 Å². The molecule has 0 fully saturated rings. The third-order valence-corrected chi connectivity index (χ3v) is 5.62. The molecule has 1 atom stereocenters. The van der Waals surface area contributed by atoms with Gasteiger partial charge in [0, 0.05) is 16.3 Å². The lowest BCUT2D eigenvalue weighted by Gasteiger charge is -2.12. The number of thioether (sulfide) groups is 1. The normalized spacial score (nSPS) is 12.4. The first-order valence-electron chi connectivity index (χ1n) is 5.49. The molecule has 0 amide bonds. The van der Waals surface area contributed by atoms with Crippen LogP contribution in [0, 0.1) is 0 Å². The number of thiophene rings is 1. The van der Waals surface area contributed by atoms with Gasteiger partial charge in [-0.3, -0.25) is 0 Å². The second-order valence-corrected chi connectivity index (χ2v) is 7.43. The van der Waals surface area contributed by atoms with E-state index in [0.29, 0.717) is 11.8 Å². The lowest BCUT2D eigenvalue weighted by atomic mass is 10.3. The van der Waals surface area contributed by atoms with E-state index in [0.717, 1.165) is 9.54 Å². The van der Waals surface area contributed by atoms with Crippen LogP contribution in [0.1, 0.15) is 10.1 Å². The molecule has 96 valence electrons. The van der Waals surface area contributed by atoms with Gasteiger partial charge in [0.15, 0.2) is 0 Å². The highest BCUT2D eigenvalue weighted by atomic mass is 79.9. The molecular formula is C13H14BrNOS2. The molecule has 2 aromatic rings. The predicted octanol–water partition coefficient (Wildman–Crippen LogP) is 4.31. The van der Waals surface area contributed by atoms with Crippen LogP contribution in [0.3, 0.4) is 0 Å². The Morgan fingerprint density at radius 2 is 2.00 bits per heavy atom. The Hall–Kier alpha value is -0.490. The van der Waals surface area contributed by atoms with Gasteiger partial charge in [-0.1, -0.05) is 0 Å². The fourth-order valence-corrected chi connectivity index (χ4v) is 4.16. The van der Waals surface area contributed by atoms with Crippen molar-refractivity contribution in [3.8, 4) is 5.75 Å². The van der Waals surface area contributed by atoms with Gasteiger partial charge in [-0.05, 0) is 52.3 Å². The monoisotopic (exact) mass is 343 g/mol. The zero-order valence-corrected chi connectivity index (χ0v) is 13.1. The standard InChI is InChI=1S/C13H14BrNOS2/c1-16-9-2-4-10(5-3-9)17-12(8-15)11-6-7-13(14)18-11/h2-7,12H,8,15H2,1H3. The summed E-state index contributed by atoms with van der Waals surface area (Å²) in [7, 11) is 1.67. The second-order valence-electron chi connectivity index (χ2n) is 3.66. The van der Waals surface area contributed by atoms with E-state index in [4.69, 9.17) is 10.5 Å². The number of halogens is 1. The van der Waals surface area contributed by atoms with E-state index < -0.39 is 0 Å². The number of ether oxygens (including phenoxy) is 1. The smallest absolute Gasteiger partial charge is 0.118 e. The maximum atomic E-state index is 5.86. The van der Waals surface area contributed by atoms with Crippen LogP contribution in [0.15, 0.2) is 45.1 Å². The van der Waals surface area contributed by atoms with Crippen LogP contribution in [-0.4, -0.2) is 13.7 Å². The molecule has 1 heterocycles. The molecule has 1 aromatic heterocycles. The van der Waals surface area contributed by atoms with E-state index in [1.807, 2.05) is 12.1 Å². The molecule has 0 spiro atoms. The summed E-state index contributed by atoms with van der Waals surface area (Å²) in [4.78, 5) is 2.50. The number of nitrogens with two attached hydrogens (primary N) is 1. The van der Waals surface area contributed by atoms with Gasteiger partial charge in [0.05, 0.1) is 16.1 Å². The fourth-order valence-electron chi connectivity index (χ4n) is 1.54. The minimum Gasteiger partial charge on any atom is -0.497 e. The van der Waals surface area contributed by atoms with Gasteiger partial charge in [-0.2, -0.15) is 0 Å². The van der Waals surface area contributed by atoms with Crippen LogP contribution in [0.5, 0.6) is 5.75 Å². The minimum absolute atomic E-state index is 0.301. The molecule has 0 aliphatic rings. The summed E-state index contributed by atoms with van der Waals surface area (Å²) in [5, 5.41) is 0.301. The number of benzene rings is 1. The van der Waals surface area contributed by atoms with E-state index >= 15 is 0 Å². The van der Waals surface area contributed by atoms with Crippen molar-refractivity contribution in [2.45, 2.75) is 10.1 Å². The van der Waals surface area contributed by atoms with Crippen LogP contribution < -0.4 is 10.5 Å². The Kier molecular flexibility index (Phi) is 5.12. The maximum Gasteiger partial charge on any atom is 0.118 e. The van der Waals surface area contributed by atoms with Gasteiger partial charge in [0.2, 0.25) is 0 Å².